The number of methoxy groups -OCH3 is 1. The third kappa shape index (κ3) is 2.89. The normalized spacial score (nSPS) is 11.0. The Labute approximate surface area is 128 Å². The largest absolute Gasteiger partial charge is 0.497 e. The summed E-state index contributed by atoms with van der Waals surface area (Å²) in [4.78, 5) is 5.85. The first-order valence-electron chi connectivity index (χ1n) is 6.74. The molecule has 1 N–H and O–H groups in total. The van der Waals surface area contributed by atoms with E-state index in [1.165, 1.54) is 5.69 Å². The fourth-order valence-electron chi connectivity index (χ4n) is 2.21. The van der Waals surface area contributed by atoms with Crippen molar-refractivity contribution in [1.29, 1.82) is 0 Å². The zero-order chi connectivity index (χ0) is 14.7. The van der Waals surface area contributed by atoms with E-state index in [9.17, 15) is 0 Å². The maximum Gasteiger partial charge on any atom is 0.138 e. The van der Waals surface area contributed by atoms with Crippen LogP contribution >= 0.6 is 11.8 Å². The molecule has 0 saturated carbocycles. The van der Waals surface area contributed by atoms with E-state index in [2.05, 4.69) is 15.8 Å². The van der Waals surface area contributed by atoms with Crippen LogP contribution in [0.1, 0.15) is 5.69 Å². The number of ether oxygens (including phenoxy) is 1. The topological polar surface area (TPSA) is 38.6 Å². The first-order valence-corrected chi connectivity index (χ1v) is 7.56. The Balaban J connectivity index is 2.00. The lowest BCUT2D eigenvalue weighted by molar-refractivity contribution is 0.413. The average molecular weight is 299 g/mol. The molecule has 108 valence electrons. The van der Waals surface area contributed by atoms with Crippen LogP contribution in [0.25, 0.3) is 5.65 Å². The van der Waals surface area contributed by atoms with Gasteiger partial charge < -0.3 is 14.5 Å². The maximum atomic E-state index is 5.28. The number of benzene rings is 1. The first-order chi connectivity index (χ1) is 10.3. The highest BCUT2D eigenvalue weighted by Crippen LogP contribution is 2.32. The van der Waals surface area contributed by atoms with Gasteiger partial charge in [0.2, 0.25) is 0 Å². The minimum Gasteiger partial charge on any atom is -0.497 e. The highest BCUT2D eigenvalue weighted by molar-refractivity contribution is 7.99. The summed E-state index contributed by atoms with van der Waals surface area (Å²) in [5.74, 6) is 0.860. The van der Waals surface area contributed by atoms with E-state index in [1.54, 1.807) is 18.9 Å². The van der Waals surface area contributed by atoms with Crippen molar-refractivity contribution >= 4 is 17.4 Å². The van der Waals surface area contributed by atoms with E-state index in [-0.39, 0.29) is 0 Å². The van der Waals surface area contributed by atoms with Crippen molar-refractivity contribution < 1.29 is 4.74 Å². The summed E-state index contributed by atoms with van der Waals surface area (Å²) in [5, 5.41) is 4.23. The summed E-state index contributed by atoms with van der Waals surface area (Å²) >= 11 is 1.66. The lowest BCUT2D eigenvalue weighted by Crippen LogP contribution is -2.08. The third-order valence-corrected chi connectivity index (χ3v) is 4.20. The molecule has 0 saturated heterocycles. The lowest BCUT2D eigenvalue weighted by atomic mass is 10.3. The molecule has 0 atom stereocenters. The average Bonchev–Trinajstić information content (AvgIpc) is 2.86. The third-order valence-electron chi connectivity index (χ3n) is 3.19. The van der Waals surface area contributed by atoms with Crippen LogP contribution in [0.4, 0.5) is 0 Å². The molecule has 1 aromatic carbocycles. The summed E-state index contributed by atoms with van der Waals surface area (Å²) in [6.45, 7) is 0.775. The van der Waals surface area contributed by atoms with Crippen molar-refractivity contribution in [3.63, 3.8) is 0 Å². The first kappa shape index (κ1) is 14.0. The van der Waals surface area contributed by atoms with Gasteiger partial charge in [0, 0.05) is 17.6 Å². The highest BCUT2D eigenvalue weighted by Gasteiger charge is 2.12. The van der Waals surface area contributed by atoms with Crippen LogP contribution in [0.5, 0.6) is 5.75 Å². The van der Waals surface area contributed by atoms with Crippen LogP contribution in [-0.2, 0) is 6.54 Å². The Hall–Kier alpha value is -1.98. The van der Waals surface area contributed by atoms with Crippen molar-refractivity contribution in [2.75, 3.05) is 14.2 Å². The molecule has 2 heterocycles. The number of hydrogen-bond acceptors (Lipinski definition) is 4. The number of hydrogen-bond donors (Lipinski definition) is 1. The molecule has 0 fully saturated rings. The Morgan fingerprint density at radius 2 is 2.14 bits per heavy atom. The van der Waals surface area contributed by atoms with Gasteiger partial charge in [-0.25, -0.2) is 4.98 Å². The molecule has 0 aliphatic rings. The van der Waals surface area contributed by atoms with Crippen LogP contribution in [0.3, 0.4) is 0 Å². The minimum atomic E-state index is 0.775. The molecule has 3 aromatic rings. The van der Waals surface area contributed by atoms with E-state index in [1.807, 2.05) is 49.6 Å². The van der Waals surface area contributed by atoms with E-state index in [0.717, 1.165) is 27.9 Å². The van der Waals surface area contributed by atoms with Gasteiger partial charge in [-0.15, -0.1) is 0 Å². The smallest absolute Gasteiger partial charge is 0.138 e. The van der Waals surface area contributed by atoms with Crippen molar-refractivity contribution in [2.24, 2.45) is 0 Å². The fraction of sp³-hybridized carbons (Fsp3) is 0.188. The predicted octanol–water partition coefficient (Wildman–Crippen LogP) is 3.21. The Bertz CT molecular complexity index is 754. The van der Waals surface area contributed by atoms with Crippen LogP contribution in [0, 0.1) is 0 Å². The molecule has 0 radical (unpaired) electrons. The minimum absolute atomic E-state index is 0.775. The van der Waals surface area contributed by atoms with Crippen molar-refractivity contribution in [3.05, 3.63) is 54.4 Å². The summed E-state index contributed by atoms with van der Waals surface area (Å²) in [5.41, 5.74) is 2.13. The van der Waals surface area contributed by atoms with Gasteiger partial charge >= 0.3 is 0 Å². The molecule has 0 amide bonds. The molecule has 0 aliphatic carbocycles. The standard InChI is InChI=1S/C16H17N3OS/c1-17-11-14-16(18-15-8-3-4-9-19(14)15)21-13-7-5-6-12(10-13)20-2/h3-10,17H,11H2,1-2H3. The second-order valence-corrected chi connectivity index (χ2v) is 5.67. The number of nitrogens with zero attached hydrogens (tertiary/aromatic N) is 2. The van der Waals surface area contributed by atoms with E-state index >= 15 is 0 Å². The second-order valence-electron chi connectivity index (χ2n) is 4.60. The number of pyridine rings is 1. The summed E-state index contributed by atoms with van der Waals surface area (Å²) in [7, 11) is 3.63. The van der Waals surface area contributed by atoms with Crippen LogP contribution in [-0.4, -0.2) is 23.5 Å². The number of fused-ring (bicyclic) bond motifs is 1. The zero-order valence-electron chi connectivity index (χ0n) is 12.0. The zero-order valence-corrected chi connectivity index (χ0v) is 12.9. The summed E-state index contributed by atoms with van der Waals surface area (Å²) in [6, 6.07) is 14.1. The van der Waals surface area contributed by atoms with E-state index in [0.29, 0.717) is 0 Å². The van der Waals surface area contributed by atoms with E-state index < -0.39 is 0 Å². The SMILES string of the molecule is CNCc1c(Sc2cccc(OC)c2)nc2ccccn12. The fourth-order valence-corrected chi connectivity index (χ4v) is 3.18. The van der Waals surface area contributed by atoms with Gasteiger partial charge in [0.05, 0.1) is 12.8 Å². The predicted molar refractivity (Wildman–Crippen MR) is 85.1 cm³/mol. The number of aromatic nitrogens is 2. The monoisotopic (exact) mass is 299 g/mol. The van der Waals surface area contributed by atoms with Gasteiger partial charge in [0.1, 0.15) is 16.4 Å². The molecule has 2 aromatic heterocycles. The second kappa shape index (κ2) is 6.20. The molecule has 4 nitrogen and oxygen atoms in total. The molecular formula is C16H17N3OS. The molecule has 21 heavy (non-hydrogen) atoms. The Kier molecular flexibility index (Phi) is 4.13. The quantitative estimate of drug-likeness (QED) is 0.785. The highest BCUT2D eigenvalue weighted by atomic mass is 32.2. The maximum absolute atomic E-state index is 5.28. The molecule has 5 heteroatoms. The molecule has 0 aliphatic heterocycles. The van der Waals surface area contributed by atoms with Crippen molar-refractivity contribution in [3.8, 4) is 5.75 Å². The van der Waals surface area contributed by atoms with Crippen LogP contribution in [0.15, 0.2) is 58.6 Å². The molecule has 0 bridgehead atoms. The van der Waals surface area contributed by atoms with Gasteiger partial charge in [-0.05, 0) is 37.4 Å². The van der Waals surface area contributed by atoms with Crippen molar-refractivity contribution in [2.45, 2.75) is 16.5 Å². The molecule has 0 unspecified atom stereocenters. The Morgan fingerprint density at radius 1 is 1.24 bits per heavy atom. The molecule has 3 rings (SSSR count). The van der Waals surface area contributed by atoms with Crippen LogP contribution in [0.2, 0.25) is 0 Å². The van der Waals surface area contributed by atoms with Gasteiger partial charge in [-0.3, -0.25) is 0 Å². The van der Waals surface area contributed by atoms with Crippen LogP contribution < -0.4 is 10.1 Å². The van der Waals surface area contributed by atoms with Gasteiger partial charge in [-0.1, -0.05) is 23.9 Å². The summed E-state index contributed by atoms with van der Waals surface area (Å²) < 4.78 is 7.40. The number of rotatable bonds is 5. The number of nitrogens with one attached hydrogen (secondary N) is 1. The molecular weight excluding hydrogens is 282 g/mol. The van der Waals surface area contributed by atoms with Gasteiger partial charge in [0.15, 0.2) is 0 Å². The van der Waals surface area contributed by atoms with Crippen molar-refractivity contribution in [1.82, 2.24) is 14.7 Å². The lowest BCUT2D eigenvalue weighted by Gasteiger charge is -2.05. The van der Waals surface area contributed by atoms with Gasteiger partial charge in [0.25, 0.3) is 0 Å². The molecule has 0 spiro atoms. The Morgan fingerprint density at radius 3 is 2.95 bits per heavy atom. The number of imidazole rings is 1. The van der Waals surface area contributed by atoms with Gasteiger partial charge in [-0.2, -0.15) is 0 Å². The summed E-state index contributed by atoms with van der Waals surface area (Å²) in [6.07, 6.45) is 2.05. The van der Waals surface area contributed by atoms with E-state index in [4.69, 9.17) is 9.72 Å².